The van der Waals surface area contributed by atoms with Crippen LogP contribution in [0.4, 0.5) is 0 Å². The Hall–Kier alpha value is -2.87. The number of nitrogens with zero attached hydrogens (tertiary/aromatic N) is 4. The van der Waals surface area contributed by atoms with Crippen LogP contribution in [0, 0.1) is 5.92 Å². The van der Waals surface area contributed by atoms with E-state index < -0.39 is 0 Å². The molecule has 5 rings (SSSR count). The number of hydrogen-bond donors (Lipinski definition) is 1. The van der Waals surface area contributed by atoms with Crippen LogP contribution >= 0.6 is 0 Å². The third-order valence-electron chi connectivity index (χ3n) is 7.07. The first-order valence-electron chi connectivity index (χ1n) is 11.5. The van der Waals surface area contributed by atoms with Crippen LogP contribution in [0.3, 0.4) is 0 Å². The van der Waals surface area contributed by atoms with Crippen LogP contribution in [-0.2, 0) is 6.54 Å². The van der Waals surface area contributed by atoms with Crippen LogP contribution in [0.1, 0.15) is 56.0 Å². The molecule has 32 heavy (non-hydrogen) atoms. The van der Waals surface area contributed by atoms with Gasteiger partial charge in [-0.05, 0) is 37.0 Å². The van der Waals surface area contributed by atoms with Gasteiger partial charge in [0, 0.05) is 31.1 Å². The molecule has 1 saturated heterocycles. The summed E-state index contributed by atoms with van der Waals surface area (Å²) in [4.78, 5) is 23.2. The van der Waals surface area contributed by atoms with E-state index in [-0.39, 0.29) is 11.5 Å². The number of fused-ring (bicyclic) bond motifs is 1. The van der Waals surface area contributed by atoms with Gasteiger partial charge < -0.3 is 14.5 Å². The first-order chi connectivity index (χ1) is 15.6. The summed E-state index contributed by atoms with van der Waals surface area (Å²) < 4.78 is 12.9. The van der Waals surface area contributed by atoms with E-state index in [0.717, 1.165) is 61.0 Å². The van der Waals surface area contributed by atoms with E-state index in [0.29, 0.717) is 17.3 Å². The summed E-state index contributed by atoms with van der Waals surface area (Å²) in [5.41, 5.74) is 1.74. The molecule has 1 aliphatic carbocycles. The van der Waals surface area contributed by atoms with Crippen LogP contribution < -0.4 is 15.0 Å². The van der Waals surface area contributed by atoms with Crippen molar-refractivity contribution in [1.29, 1.82) is 0 Å². The topological polar surface area (TPSA) is 85.3 Å². The monoisotopic (exact) mass is 437 g/mol. The van der Waals surface area contributed by atoms with Crippen molar-refractivity contribution >= 4 is 11.0 Å². The zero-order valence-corrected chi connectivity index (χ0v) is 19.0. The molecule has 0 amide bonds. The smallest absolute Gasteiger partial charge is 0.262 e. The highest BCUT2D eigenvalue weighted by Crippen LogP contribution is 2.35. The van der Waals surface area contributed by atoms with Gasteiger partial charge in [0.2, 0.25) is 0 Å². The normalized spacial score (nSPS) is 22.1. The van der Waals surface area contributed by atoms with Crippen molar-refractivity contribution in [3.8, 4) is 11.5 Å². The summed E-state index contributed by atoms with van der Waals surface area (Å²) in [6.07, 6.45) is 6.31. The molecule has 3 heterocycles. The molecular weight excluding hydrogens is 406 g/mol. The molecule has 3 aromatic rings. The average Bonchev–Trinajstić information content (AvgIpc) is 3.53. The van der Waals surface area contributed by atoms with Gasteiger partial charge >= 0.3 is 0 Å². The molecule has 0 spiro atoms. The van der Waals surface area contributed by atoms with E-state index in [9.17, 15) is 4.79 Å². The molecule has 2 atom stereocenters. The summed E-state index contributed by atoms with van der Waals surface area (Å²) in [5, 5.41) is 5.12. The number of benzene rings is 1. The van der Waals surface area contributed by atoms with E-state index in [1.807, 2.05) is 22.9 Å². The third kappa shape index (κ3) is 3.77. The Morgan fingerprint density at radius 2 is 1.97 bits per heavy atom. The molecule has 1 saturated carbocycles. The van der Waals surface area contributed by atoms with Crippen molar-refractivity contribution in [2.45, 2.75) is 51.1 Å². The van der Waals surface area contributed by atoms with Crippen molar-refractivity contribution in [3.63, 3.8) is 0 Å². The maximum Gasteiger partial charge on any atom is 0.262 e. The fourth-order valence-electron chi connectivity index (χ4n) is 5.34. The van der Waals surface area contributed by atoms with E-state index in [1.54, 1.807) is 20.4 Å². The second kappa shape index (κ2) is 8.58. The minimum absolute atomic E-state index is 0.0886. The number of aromatic nitrogens is 4. The molecule has 0 unspecified atom stereocenters. The first kappa shape index (κ1) is 21.0. The van der Waals surface area contributed by atoms with Gasteiger partial charge in [-0.2, -0.15) is 5.10 Å². The Kier molecular flexibility index (Phi) is 5.63. The molecule has 2 aromatic heterocycles. The molecule has 0 bridgehead atoms. The number of ether oxygens (including phenoxy) is 2. The van der Waals surface area contributed by atoms with Gasteiger partial charge in [-0.15, -0.1) is 0 Å². The highest BCUT2D eigenvalue weighted by molar-refractivity contribution is 5.73. The molecular formula is C24H31N5O3. The van der Waals surface area contributed by atoms with Crippen LogP contribution in [0.15, 0.2) is 29.2 Å². The lowest BCUT2D eigenvalue weighted by Crippen LogP contribution is -2.22. The van der Waals surface area contributed by atoms with E-state index in [1.165, 1.54) is 12.8 Å². The Morgan fingerprint density at radius 3 is 2.72 bits per heavy atom. The molecule has 2 fully saturated rings. The van der Waals surface area contributed by atoms with Gasteiger partial charge in [0.25, 0.3) is 5.56 Å². The summed E-state index contributed by atoms with van der Waals surface area (Å²) in [7, 11) is 3.37. The summed E-state index contributed by atoms with van der Waals surface area (Å²) in [6.45, 7) is 4.74. The zero-order chi connectivity index (χ0) is 22.2. The second-order valence-corrected chi connectivity index (χ2v) is 9.17. The van der Waals surface area contributed by atoms with Gasteiger partial charge in [0.05, 0.1) is 26.5 Å². The predicted molar refractivity (Wildman–Crippen MR) is 122 cm³/mol. The Bertz CT molecular complexity index is 1160. The fourth-order valence-corrected chi connectivity index (χ4v) is 5.34. The van der Waals surface area contributed by atoms with Crippen LogP contribution in [-0.4, -0.2) is 52.0 Å². The molecule has 1 N–H and O–H groups in total. The van der Waals surface area contributed by atoms with Crippen molar-refractivity contribution in [2.24, 2.45) is 5.92 Å². The second-order valence-electron chi connectivity index (χ2n) is 9.17. The lowest BCUT2D eigenvalue weighted by atomic mass is 9.97. The Labute approximate surface area is 187 Å². The highest BCUT2D eigenvalue weighted by atomic mass is 16.5. The predicted octanol–water partition coefficient (Wildman–Crippen LogP) is 3.49. The standard InChI is InChI=1S/C24H31N5O3/c1-15-12-28(13-16-10-18(31-2)8-9-21(16)32-3)14-20(15)22-26-23-19(24(30)27-22)11-25-29(23)17-6-4-5-7-17/h8-11,15,17,20H,4-7,12-14H2,1-3H3,(H,26,27,30)/t15-,20-/m1/s1. The first-order valence-corrected chi connectivity index (χ1v) is 11.5. The van der Waals surface area contributed by atoms with E-state index in [4.69, 9.17) is 14.5 Å². The molecule has 170 valence electrons. The Morgan fingerprint density at radius 1 is 1.16 bits per heavy atom. The number of rotatable bonds is 6. The van der Waals surface area contributed by atoms with Crippen LogP contribution in [0.25, 0.3) is 11.0 Å². The maximum atomic E-state index is 12.8. The van der Waals surface area contributed by atoms with Gasteiger partial charge in [-0.25, -0.2) is 9.67 Å². The fraction of sp³-hybridized carbons (Fsp3) is 0.542. The number of H-pyrrole nitrogens is 1. The minimum Gasteiger partial charge on any atom is -0.497 e. The van der Waals surface area contributed by atoms with Crippen molar-refractivity contribution < 1.29 is 9.47 Å². The van der Waals surface area contributed by atoms with Crippen molar-refractivity contribution in [1.82, 2.24) is 24.6 Å². The molecule has 8 heteroatoms. The van der Waals surface area contributed by atoms with Gasteiger partial charge in [0.15, 0.2) is 5.65 Å². The largest absolute Gasteiger partial charge is 0.497 e. The number of aromatic amines is 1. The van der Waals surface area contributed by atoms with Crippen molar-refractivity contribution in [2.75, 3.05) is 27.3 Å². The molecule has 8 nitrogen and oxygen atoms in total. The summed E-state index contributed by atoms with van der Waals surface area (Å²) in [6, 6.07) is 6.24. The number of methoxy groups -OCH3 is 2. The SMILES string of the molecule is COc1ccc(OC)c(CN2C[C@@H](C)[C@H](c3nc4c(cnn4C4CCCC4)c(=O)[nH]3)C2)c1. The molecule has 1 aliphatic heterocycles. The summed E-state index contributed by atoms with van der Waals surface area (Å²) in [5.74, 6) is 2.98. The number of hydrogen-bond acceptors (Lipinski definition) is 6. The quantitative estimate of drug-likeness (QED) is 0.635. The van der Waals surface area contributed by atoms with Gasteiger partial charge in [0.1, 0.15) is 22.7 Å². The lowest BCUT2D eigenvalue weighted by Gasteiger charge is -2.18. The number of nitrogens with one attached hydrogen (secondary N) is 1. The number of likely N-dealkylation sites (tertiary alicyclic amines) is 1. The van der Waals surface area contributed by atoms with E-state index >= 15 is 0 Å². The summed E-state index contributed by atoms with van der Waals surface area (Å²) >= 11 is 0. The Balaban J connectivity index is 1.41. The third-order valence-corrected chi connectivity index (χ3v) is 7.07. The van der Waals surface area contributed by atoms with E-state index in [2.05, 4.69) is 21.9 Å². The average molecular weight is 438 g/mol. The molecule has 1 aromatic carbocycles. The van der Waals surface area contributed by atoms with Gasteiger partial charge in [-0.3, -0.25) is 9.69 Å². The maximum absolute atomic E-state index is 12.8. The molecule has 0 radical (unpaired) electrons. The molecule has 2 aliphatic rings. The lowest BCUT2D eigenvalue weighted by molar-refractivity contribution is 0.308. The minimum atomic E-state index is -0.0886. The highest BCUT2D eigenvalue weighted by Gasteiger charge is 2.33. The zero-order valence-electron chi connectivity index (χ0n) is 19.0. The van der Waals surface area contributed by atoms with Gasteiger partial charge in [-0.1, -0.05) is 19.8 Å². The van der Waals surface area contributed by atoms with Crippen LogP contribution in [0.5, 0.6) is 11.5 Å². The van der Waals surface area contributed by atoms with Crippen LogP contribution in [0.2, 0.25) is 0 Å². The van der Waals surface area contributed by atoms with Crippen molar-refractivity contribution in [3.05, 3.63) is 46.1 Å².